The van der Waals surface area contributed by atoms with Crippen molar-refractivity contribution in [1.29, 1.82) is 0 Å². The molecule has 0 bridgehead atoms. The molecule has 3 nitrogen and oxygen atoms in total. The van der Waals surface area contributed by atoms with Gasteiger partial charge in [0, 0.05) is 17.5 Å². The van der Waals surface area contributed by atoms with E-state index in [1.54, 1.807) is 0 Å². The minimum Gasteiger partial charge on any atom is -0.446 e. The molecule has 23 heavy (non-hydrogen) atoms. The number of hydrogen-bond donors (Lipinski definition) is 0. The van der Waals surface area contributed by atoms with E-state index in [0.717, 1.165) is 11.1 Å². The molecule has 2 aromatic carbocycles. The van der Waals surface area contributed by atoms with Gasteiger partial charge in [-0.15, -0.1) is 0 Å². The molecule has 2 aromatic rings. The van der Waals surface area contributed by atoms with Crippen molar-refractivity contribution in [3.8, 4) is 11.8 Å². The lowest BCUT2D eigenvalue weighted by molar-refractivity contribution is -0.144. The zero-order chi connectivity index (χ0) is 16.2. The highest BCUT2D eigenvalue weighted by atomic mass is 35.5. The van der Waals surface area contributed by atoms with E-state index < -0.39 is 6.10 Å². The third-order valence-corrected chi connectivity index (χ3v) is 3.70. The topological polar surface area (TPSA) is 38.8 Å². The second-order valence-corrected chi connectivity index (χ2v) is 5.67. The number of hydrogen-bond acceptors (Lipinski definition) is 3. The van der Waals surface area contributed by atoms with Crippen LogP contribution in [-0.2, 0) is 14.3 Å². The Bertz CT molecular complexity index is 744. The summed E-state index contributed by atoms with van der Waals surface area (Å²) in [7, 11) is 0. The maximum absolute atomic E-state index is 11.3. The minimum absolute atomic E-state index is 0.123. The van der Waals surface area contributed by atoms with Crippen LogP contribution in [-0.4, -0.2) is 18.2 Å². The first kappa shape index (κ1) is 15.6. The van der Waals surface area contributed by atoms with Gasteiger partial charge in [-0.2, -0.15) is 0 Å². The number of epoxide rings is 1. The van der Waals surface area contributed by atoms with Crippen molar-refractivity contribution < 1.29 is 14.3 Å². The Hall–Kier alpha value is -2.28. The first-order chi connectivity index (χ1) is 11.1. The average Bonchev–Trinajstić information content (AvgIpc) is 3.33. The van der Waals surface area contributed by atoms with E-state index in [1.807, 2.05) is 54.6 Å². The number of carbonyl (C=O) groups excluding carboxylic acids is 1. The van der Waals surface area contributed by atoms with E-state index in [4.69, 9.17) is 21.1 Å². The molecule has 3 atom stereocenters. The summed E-state index contributed by atoms with van der Waals surface area (Å²) in [6.45, 7) is 1.37. The van der Waals surface area contributed by atoms with Gasteiger partial charge in [-0.1, -0.05) is 53.8 Å². The Morgan fingerprint density at radius 1 is 1.17 bits per heavy atom. The fourth-order valence-corrected chi connectivity index (χ4v) is 2.43. The summed E-state index contributed by atoms with van der Waals surface area (Å²) in [6.07, 6.45) is -0.966. The van der Waals surface area contributed by atoms with E-state index in [0.29, 0.717) is 5.02 Å². The summed E-state index contributed by atoms with van der Waals surface area (Å²) < 4.78 is 11.0. The lowest BCUT2D eigenvalue weighted by atomic mass is 10.1. The highest BCUT2D eigenvalue weighted by molar-refractivity contribution is 6.30. The van der Waals surface area contributed by atoms with Gasteiger partial charge in [0.2, 0.25) is 0 Å². The molecule has 0 aromatic heterocycles. The molecular formula is C19H15ClO3. The van der Waals surface area contributed by atoms with Crippen molar-refractivity contribution in [2.24, 2.45) is 0 Å². The smallest absolute Gasteiger partial charge is 0.303 e. The minimum atomic E-state index is -0.589. The molecule has 0 N–H and O–H groups in total. The van der Waals surface area contributed by atoms with Crippen LogP contribution in [0.15, 0.2) is 54.6 Å². The molecule has 1 aliphatic heterocycles. The summed E-state index contributed by atoms with van der Waals surface area (Å²) >= 11 is 5.89. The Kier molecular flexibility index (Phi) is 4.66. The number of esters is 1. The van der Waals surface area contributed by atoms with Crippen molar-refractivity contribution in [3.63, 3.8) is 0 Å². The first-order valence-electron chi connectivity index (χ1n) is 7.28. The van der Waals surface area contributed by atoms with Crippen molar-refractivity contribution in [2.45, 2.75) is 25.2 Å². The molecule has 1 heterocycles. The molecule has 3 unspecified atom stereocenters. The highest BCUT2D eigenvalue weighted by Gasteiger charge is 2.47. The maximum Gasteiger partial charge on any atom is 0.303 e. The zero-order valence-corrected chi connectivity index (χ0v) is 13.3. The van der Waals surface area contributed by atoms with Crippen molar-refractivity contribution in [2.75, 3.05) is 0 Å². The molecule has 0 amide bonds. The summed E-state index contributed by atoms with van der Waals surface area (Å²) in [4.78, 5) is 11.3. The van der Waals surface area contributed by atoms with E-state index in [-0.39, 0.29) is 18.2 Å². The fraction of sp³-hybridized carbons (Fsp3) is 0.211. The molecule has 1 aliphatic rings. The third-order valence-electron chi connectivity index (χ3n) is 3.45. The molecule has 0 aliphatic carbocycles. The van der Waals surface area contributed by atoms with Gasteiger partial charge in [-0.25, -0.2) is 0 Å². The summed E-state index contributed by atoms with van der Waals surface area (Å²) in [5, 5.41) is 0.673. The van der Waals surface area contributed by atoms with E-state index in [1.165, 1.54) is 6.92 Å². The Balaban J connectivity index is 1.75. The van der Waals surface area contributed by atoms with Gasteiger partial charge in [0.05, 0.1) is 0 Å². The van der Waals surface area contributed by atoms with Crippen LogP contribution in [0.1, 0.15) is 24.2 Å². The van der Waals surface area contributed by atoms with Gasteiger partial charge in [-0.05, 0) is 29.8 Å². The van der Waals surface area contributed by atoms with Gasteiger partial charge in [0.15, 0.2) is 6.10 Å². The van der Waals surface area contributed by atoms with E-state index in [9.17, 15) is 4.79 Å². The molecule has 116 valence electrons. The second kappa shape index (κ2) is 6.87. The normalized spacial score (nSPS) is 20.1. The Morgan fingerprint density at radius 2 is 1.87 bits per heavy atom. The van der Waals surface area contributed by atoms with Crippen LogP contribution < -0.4 is 0 Å². The molecule has 0 radical (unpaired) electrons. The standard InChI is InChI=1S/C19H15ClO3/c1-13(21)22-17(12-7-14-5-3-2-4-6-14)19-18(23-19)15-8-10-16(20)11-9-15/h2-6,8-11,17-19H,1H3. The maximum atomic E-state index is 11.3. The quantitative estimate of drug-likeness (QED) is 0.489. The fourth-order valence-electron chi connectivity index (χ4n) is 2.31. The molecule has 1 saturated heterocycles. The Labute approximate surface area is 140 Å². The van der Waals surface area contributed by atoms with Crippen molar-refractivity contribution >= 4 is 17.6 Å². The van der Waals surface area contributed by atoms with Crippen molar-refractivity contribution in [3.05, 3.63) is 70.7 Å². The van der Waals surface area contributed by atoms with Gasteiger partial charge in [-0.3, -0.25) is 4.79 Å². The number of ether oxygens (including phenoxy) is 2. The molecule has 4 heteroatoms. The number of carbonyl (C=O) groups is 1. The van der Waals surface area contributed by atoms with Gasteiger partial charge in [0.25, 0.3) is 0 Å². The van der Waals surface area contributed by atoms with Crippen LogP contribution in [0.2, 0.25) is 5.02 Å². The average molecular weight is 327 g/mol. The molecule has 3 rings (SSSR count). The van der Waals surface area contributed by atoms with Crippen LogP contribution in [0.4, 0.5) is 0 Å². The van der Waals surface area contributed by atoms with Crippen LogP contribution in [0.25, 0.3) is 0 Å². The molecular weight excluding hydrogens is 312 g/mol. The predicted octanol–water partition coefficient (Wildman–Crippen LogP) is 3.76. The van der Waals surface area contributed by atoms with E-state index in [2.05, 4.69) is 11.8 Å². The lowest BCUT2D eigenvalue weighted by Crippen LogP contribution is -2.21. The molecule has 0 spiro atoms. The van der Waals surface area contributed by atoms with Gasteiger partial charge < -0.3 is 9.47 Å². The van der Waals surface area contributed by atoms with Crippen LogP contribution in [0.5, 0.6) is 0 Å². The van der Waals surface area contributed by atoms with Gasteiger partial charge >= 0.3 is 5.97 Å². The third kappa shape index (κ3) is 4.13. The van der Waals surface area contributed by atoms with Crippen LogP contribution in [0.3, 0.4) is 0 Å². The lowest BCUT2D eigenvalue weighted by Gasteiger charge is -2.08. The summed E-state index contributed by atoms with van der Waals surface area (Å²) in [6, 6.07) is 17.0. The zero-order valence-electron chi connectivity index (χ0n) is 12.5. The van der Waals surface area contributed by atoms with Crippen LogP contribution in [0, 0.1) is 11.8 Å². The largest absolute Gasteiger partial charge is 0.446 e. The first-order valence-corrected chi connectivity index (χ1v) is 7.66. The van der Waals surface area contributed by atoms with Gasteiger partial charge in [0.1, 0.15) is 12.2 Å². The Morgan fingerprint density at radius 3 is 2.52 bits per heavy atom. The molecule has 0 saturated carbocycles. The second-order valence-electron chi connectivity index (χ2n) is 5.24. The SMILES string of the molecule is CC(=O)OC(C#Cc1ccccc1)C1OC1c1ccc(Cl)cc1. The van der Waals surface area contributed by atoms with Crippen molar-refractivity contribution in [1.82, 2.24) is 0 Å². The summed E-state index contributed by atoms with van der Waals surface area (Å²) in [5.41, 5.74) is 1.87. The summed E-state index contributed by atoms with van der Waals surface area (Å²) in [5.74, 6) is 5.65. The van der Waals surface area contributed by atoms with Crippen LogP contribution >= 0.6 is 11.6 Å². The molecule has 1 fully saturated rings. The number of benzene rings is 2. The van der Waals surface area contributed by atoms with E-state index >= 15 is 0 Å². The number of rotatable bonds is 3. The predicted molar refractivity (Wildman–Crippen MR) is 87.9 cm³/mol. The highest BCUT2D eigenvalue weighted by Crippen LogP contribution is 2.41. The monoisotopic (exact) mass is 326 g/mol. The number of halogens is 1.